The van der Waals surface area contributed by atoms with Crippen LogP contribution >= 0.6 is 11.3 Å². The molecular formula is C11H11N3O4S. The topological polar surface area (TPSA) is 83.0 Å². The van der Waals surface area contributed by atoms with Crippen molar-refractivity contribution in [1.29, 1.82) is 0 Å². The molecule has 0 aromatic carbocycles. The van der Waals surface area contributed by atoms with E-state index >= 15 is 0 Å². The number of urea groups is 1. The SMILES string of the molecule is C=CCON1C(=O)N2C[C@H]1c1scnc1C2C(=O)O. The first-order valence-electron chi connectivity index (χ1n) is 5.65. The van der Waals surface area contributed by atoms with E-state index in [-0.39, 0.29) is 12.6 Å². The van der Waals surface area contributed by atoms with Crippen molar-refractivity contribution in [1.82, 2.24) is 14.9 Å². The van der Waals surface area contributed by atoms with E-state index in [0.29, 0.717) is 12.2 Å². The molecule has 19 heavy (non-hydrogen) atoms. The number of hydrogen-bond donors (Lipinski definition) is 1. The van der Waals surface area contributed by atoms with Gasteiger partial charge in [0.15, 0.2) is 6.04 Å². The minimum Gasteiger partial charge on any atom is -0.479 e. The fourth-order valence-electron chi connectivity index (χ4n) is 2.40. The number of rotatable bonds is 4. The van der Waals surface area contributed by atoms with E-state index in [1.54, 1.807) is 5.51 Å². The molecule has 3 heterocycles. The summed E-state index contributed by atoms with van der Waals surface area (Å²) in [6, 6.07) is -1.75. The van der Waals surface area contributed by atoms with E-state index in [2.05, 4.69) is 11.6 Å². The molecule has 0 radical (unpaired) electrons. The van der Waals surface area contributed by atoms with Crippen molar-refractivity contribution in [2.45, 2.75) is 12.1 Å². The maximum absolute atomic E-state index is 12.2. The number of carbonyl (C=O) groups is 2. The first kappa shape index (κ1) is 12.1. The molecule has 2 aliphatic rings. The normalized spacial score (nSPS) is 24.5. The Morgan fingerprint density at radius 3 is 3.21 bits per heavy atom. The number of carboxylic acid groups (broad SMARTS) is 1. The van der Waals surface area contributed by atoms with E-state index in [9.17, 15) is 14.7 Å². The van der Waals surface area contributed by atoms with Crippen LogP contribution in [0.25, 0.3) is 0 Å². The zero-order valence-corrected chi connectivity index (χ0v) is 10.7. The van der Waals surface area contributed by atoms with Crippen LogP contribution in [0.3, 0.4) is 0 Å². The first-order valence-corrected chi connectivity index (χ1v) is 6.52. The van der Waals surface area contributed by atoms with Crippen LogP contribution in [0.5, 0.6) is 0 Å². The van der Waals surface area contributed by atoms with Crippen molar-refractivity contribution in [3.8, 4) is 0 Å². The lowest BCUT2D eigenvalue weighted by molar-refractivity contribution is -0.142. The van der Waals surface area contributed by atoms with Gasteiger partial charge in [-0.05, 0) is 0 Å². The van der Waals surface area contributed by atoms with Crippen LogP contribution in [0.2, 0.25) is 0 Å². The summed E-state index contributed by atoms with van der Waals surface area (Å²) in [5.74, 6) is -1.08. The summed E-state index contributed by atoms with van der Waals surface area (Å²) in [6.07, 6.45) is 1.53. The Morgan fingerprint density at radius 2 is 2.53 bits per heavy atom. The average Bonchev–Trinajstić information content (AvgIpc) is 2.94. The smallest absolute Gasteiger partial charge is 0.345 e. The highest BCUT2D eigenvalue weighted by Crippen LogP contribution is 2.45. The molecule has 1 unspecified atom stereocenters. The molecule has 2 bridgehead atoms. The molecule has 1 fully saturated rings. The number of amides is 2. The molecule has 2 atom stereocenters. The quantitative estimate of drug-likeness (QED) is 0.838. The third-order valence-corrected chi connectivity index (χ3v) is 4.10. The molecule has 7 nitrogen and oxygen atoms in total. The Kier molecular flexibility index (Phi) is 2.76. The molecule has 100 valence electrons. The molecular weight excluding hydrogens is 270 g/mol. The summed E-state index contributed by atoms with van der Waals surface area (Å²) in [5.41, 5.74) is 2.03. The van der Waals surface area contributed by atoms with E-state index < -0.39 is 18.0 Å². The standard InChI is InChI=1S/C11H11N3O4S/c1-2-3-18-14-6-4-13(11(14)17)8(10(15)16)7-9(6)19-5-12-7/h2,5-6,8H,1,3-4H2,(H,15,16)/t6-,8?/m0/s1. The van der Waals surface area contributed by atoms with Crippen molar-refractivity contribution in [2.75, 3.05) is 13.2 Å². The third-order valence-electron chi connectivity index (χ3n) is 3.15. The maximum Gasteiger partial charge on any atom is 0.345 e. The number of aliphatic carboxylic acids is 1. The van der Waals surface area contributed by atoms with Gasteiger partial charge >= 0.3 is 12.0 Å². The summed E-state index contributed by atoms with van der Waals surface area (Å²) >= 11 is 1.34. The Labute approximate surface area is 112 Å². The van der Waals surface area contributed by atoms with Crippen molar-refractivity contribution < 1.29 is 19.5 Å². The van der Waals surface area contributed by atoms with Crippen LogP contribution in [0.1, 0.15) is 22.7 Å². The number of hydroxylamine groups is 2. The van der Waals surface area contributed by atoms with Crippen LogP contribution in [0, 0.1) is 0 Å². The highest BCUT2D eigenvalue weighted by molar-refractivity contribution is 7.09. The second-order valence-electron chi connectivity index (χ2n) is 4.20. The molecule has 3 rings (SSSR count). The third kappa shape index (κ3) is 1.64. The number of aromatic nitrogens is 1. The summed E-state index contributed by atoms with van der Waals surface area (Å²) in [5, 5.41) is 10.5. The predicted molar refractivity (Wildman–Crippen MR) is 65.3 cm³/mol. The molecule has 0 aliphatic carbocycles. The van der Waals surface area contributed by atoms with E-state index in [1.165, 1.54) is 27.4 Å². The Bertz CT molecular complexity index is 558. The molecule has 0 saturated carbocycles. The second-order valence-corrected chi connectivity index (χ2v) is 5.09. The summed E-state index contributed by atoms with van der Waals surface area (Å²) in [7, 11) is 0. The van der Waals surface area contributed by atoms with Crippen molar-refractivity contribution >= 4 is 23.3 Å². The zero-order valence-electron chi connectivity index (χ0n) is 9.85. The van der Waals surface area contributed by atoms with Crippen LogP contribution in [0.4, 0.5) is 4.79 Å². The van der Waals surface area contributed by atoms with Gasteiger partial charge in [-0.25, -0.2) is 14.6 Å². The van der Waals surface area contributed by atoms with Gasteiger partial charge in [0, 0.05) is 0 Å². The highest BCUT2D eigenvalue weighted by Gasteiger charge is 2.52. The summed E-state index contributed by atoms with van der Waals surface area (Å²) in [6.45, 7) is 4.03. The van der Waals surface area contributed by atoms with Gasteiger partial charge in [0.1, 0.15) is 6.04 Å². The van der Waals surface area contributed by atoms with Crippen molar-refractivity contribution in [3.05, 3.63) is 28.7 Å². The second kappa shape index (κ2) is 4.32. The van der Waals surface area contributed by atoms with E-state index in [4.69, 9.17) is 4.84 Å². The predicted octanol–water partition coefficient (Wildman–Crippen LogP) is 1.18. The van der Waals surface area contributed by atoms with Gasteiger partial charge < -0.3 is 10.0 Å². The number of nitrogens with zero attached hydrogens (tertiary/aromatic N) is 3. The molecule has 1 N–H and O–H groups in total. The van der Waals surface area contributed by atoms with Gasteiger partial charge in [-0.15, -0.1) is 17.9 Å². The van der Waals surface area contributed by atoms with Crippen molar-refractivity contribution in [3.63, 3.8) is 0 Å². The number of hydrogen-bond acceptors (Lipinski definition) is 5. The summed E-state index contributed by atoms with van der Waals surface area (Å²) < 4.78 is 0. The molecule has 2 amide bonds. The van der Waals surface area contributed by atoms with Gasteiger partial charge in [0.25, 0.3) is 0 Å². The number of fused-ring (bicyclic) bond motifs is 4. The first-order chi connectivity index (χ1) is 9.15. The molecule has 1 saturated heterocycles. The Hall–Kier alpha value is -1.93. The van der Waals surface area contributed by atoms with E-state index in [0.717, 1.165) is 4.88 Å². The van der Waals surface area contributed by atoms with Crippen molar-refractivity contribution in [2.24, 2.45) is 0 Å². The van der Waals surface area contributed by atoms with Gasteiger partial charge in [0.05, 0.1) is 29.2 Å². The fourth-order valence-corrected chi connectivity index (χ4v) is 3.29. The zero-order chi connectivity index (χ0) is 13.6. The molecule has 1 aromatic heterocycles. The minimum absolute atomic E-state index is 0.196. The monoisotopic (exact) mass is 281 g/mol. The fraction of sp³-hybridized carbons (Fsp3) is 0.364. The Balaban J connectivity index is 2.02. The number of thiazole rings is 1. The lowest BCUT2D eigenvalue weighted by Gasteiger charge is -2.26. The van der Waals surface area contributed by atoms with Gasteiger partial charge in [-0.2, -0.15) is 5.06 Å². The van der Waals surface area contributed by atoms with Crippen LogP contribution in [-0.4, -0.2) is 45.2 Å². The molecule has 8 heteroatoms. The molecule has 2 aliphatic heterocycles. The largest absolute Gasteiger partial charge is 0.479 e. The molecule has 0 spiro atoms. The van der Waals surface area contributed by atoms with Crippen LogP contribution < -0.4 is 0 Å². The summed E-state index contributed by atoms with van der Waals surface area (Å²) in [4.78, 5) is 35.0. The lowest BCUT2D eigenvalue weighted by atomic mass is 10.0. The average molecular weight is 281 g/mol. The van der Waals surface area contributed by atoms with Crippen LogP contribution in [-0.2, 0) is 9.63 Å². The molecule has 1 aromatic rings. The van der Waals surface area contributed by atoms with Gasteiger partial charge in [-0.1, -0.05) is 6.08 Å². The van der Waals surface area contributed by atoms with Gasteiger partial charge in [0.2, 0.25) is 0 Å². The Morgan fingerprint density at radius 1 is 1.74 bits per heavy atom. The number of carbonyl (C=O) groups excluding carboxylic acids is 1. The highest BCUT2D eigenvalue weighted by atomic mass is 32.1. The van der Waals surface area contributed by atoms with E-state index in [1.807, 2.05) is 0 Å². The maximum atomic E-state index is 12.2. The van der Waals surface area contributed by atoms with Gasteiger partial charge in [-0.3, -0.25) is 4.84 Å². The number of carboxylic acids is 1. The lowest BCUT2D eigenvalue weighted by Crippen LogP contribution is -2.38. The minimum atomic E-state index is -1.08. The van der Waals surface area contributed by atoms with Crippen LogP contribution in [0.15, 0.2) is 18.2 Å².